The molecule has 1 aliphatic heterocycles. The Morgan fingerprint density at radius 1 is 1.27 bits per heavy atom. The van der Waals surface area contributed by atoms with Gasteiger partial charge in [0, 0.05) is 19.1 Å². The van der Waals surface area contributed by atoms with Gasteiger partial charge in [-0.3, -0.25) is 9.59 Å². The molecule has 1 spiro atoms. The van der Waals surface area contributed by atoms with Crippen molar-refractivity contribution in [1.82, 2.24) is 5.32 Å². The molecule has 1 aliphatic carbocycles. The summed E-state index contributed by atoms with van der Waals surface area (Å²) in [6.07, 6.45) is 2.59. The second-order valence-electron chi connectivity index (χ2n) is 6.13. The van der Waals surface area contributed by atoms with Crippen molar-refractivity contribution in [2.75, 3.05) is 13.2 Å². The molecule has 1 saturated heterocycles. The fourth-order valence-electron chi connectivity index (χ4n) is 3.27. The Kier molecular flexibility index (Phi) is 3.87. The van der Waals surface area contributed by atoms with Gasteiger partial charge in [-0.2, -0.15) is 0 Å². The van der Waals surface area contributed by atoms with Gasteiger partial charge in [0.15, 0.2) is 0 Å². The van der Waals surface area contributed by atoms with Crippen molar-refractivity contribution >= 4 is 11.8 Å². The molecule has 5 nitrogen and oxygen atoms in total. The molecule has 118 valence electrons. The molecule has 0 unspecified atom stereocenters. The number of hydrogen-bond acceptors (Lipinski definition) is 3. The van der Waals surface area contributed by atoms with Gasteiger partial charge in [-0.25, -0.2) is 4.39 Å². The maximum absolute atomic E-state index is 13.0. The van der Waals surface area contributed by atoms with Crippen molar-refractivity contribution in [3.63, 3.8) is 0 Å². The van der Waals surface area contributed by atoms with Gasteiger partial charge in [-0.05, 0) is 42.4 Å². The topological polar surface area (TPSA) is 81.4 Å². The van der Waals surface area contributed by atoms with Crippen molar-refractivity contribution in [1.29, 1.82) is 0 Å². The van der Waals surface area contributed by atoms with E-state index in [1.54, 1.807) is 0 Å². The molecule has 2 amide bonds. The molecule has 3 N–H and O–H groups in total. The molecule has 0 radical (unpaired) electrons. The van der Waals surface area contributed by atoms with Gasteiger partial charge in [0.2, 0.25) is 11.8 Å². The minimum atomic E-state index is -0.925. The number of hydrogen-bond donors (Lipinski definition) is 2. The van der Waals surface area contributed by atoms with Crippen molar-refractivity contribution < 1.29 is 18.7 Å². The zero-order valence-corrected chi connectivity index (χ0v) is 12.2. The number of nitrogens with one attached hydrogen (secondary N) is 1. The lowest BCUT2D eigenvalue weighted by Crippen LogP contribution is -2.39. The Morgan fingerprint density at radius 2 is 1.91 bits per heavy atom. The first-order valence-corrected chi connectivity index (χ1v) is 7.45. The van der Waals surface area contributed by atoms with Crippen LogP contribution in [0.15, 0.2) is 24.3 Å². The van der Waals surface area contributed by atoms with Crippen molar-refractivity contribution in [3.8, 4) is 0 Å². The van der Waals surface area contributed by atoms with Gasteiger partial charge in [0.1, 0.15) is 11.9 Å². The molecule has 1 aromatic carbocycles. The number of carbonyl (C=O) groups excluding carboxylic acids is 2. The van der Waals surface area contributed by atoms with Crippen LogP contribution in [0.5, 0.6) is 0 Å². The summed E-state index contributed by atoms with van der Waals surface area (Å²) < 4.78 is 18.3. The van der Waals surface area contributed by atoms with E-state index < -0.39 is 17.8 Å². The molecule has 1 saturated carbocycles. The van der Waals surface area contributed by atoms with Gasteiger partial charge in [0.25, 0.3) is 0 Å². The van der Waals surface area contributed by atoms with E-state index in [0.717, 1.165) is 19.3 Å². The first-order valence-electron chi connectivity index (χ1n) is 7.45. The number of ether oxygens (including phenoxy) is 1. The monoisotopic (exact) mass is 306 g/mol. The van der Waals surface area contributed by atoms with Crippen LogP contribution in [0.3, 0.4) is 0 Å². The molecule has 1 aromatic rings. The van der Waals surface area contributed by atoms with Gasteiger partial charge < -0.3 is 15.8 Å². The van der Waals surface area contributed by atoms with Crippen LogP contribution in [0.2, 0.25) is 0 Å². The van der Waals surface area contributed by atoms with Gasteiger partial charge in [-0.15, -0.1) is 0 Å². The highest BCUT2D eigenvalue weighted by Gasteiger charge is 2.58. The third kappa shape index (κ3) is 2.83. The highest BCUT2D eigenvalue weighted by atomic mass is 19.1. The lowest BCUT2D eigenvalue weighted by molar-refractivity contribution is -0.129. The summed E-state index contributed by atoms with van der Waals surface area (Å²) in [4.78, 5) is 24.0. The number of benzene rings is 1. The van der Waals surface area contributed by atoms with E-state index in [0.29, 0.717) is 18.8 Å². The molecule has 3 rings (SSSR count). The van der Waals surface area contributed by atoms with Crippen LogP contribution in [-0.2, 0) is 14.3 Å². The Balaban J connectivity index is 1.68. The summed E-state index contributed by atoms with van der Waals surface area (Å²) in [7, 11) is 0. The smallest absolute Gasteiger partial charge is 0.244 e. The maximum atomic E-state index is 13.0. The lowest BCUT2D eigenvalue weighted by Gasteiger charge is -2.23. The minimum absolute atomic E-state index is 0.0350. The van der Waals surface area contributed by atoms with E-state index in [1.807, 2.05) is 0 Å². The first-order chi connectivity index (χ1) is 10.5. The van der Waals surface area contributed by atoms with Crippen molar-refractivity contribution in [3.05, 3.63) is 35.6 Å². The SMILES string of the molecule is NC(=O)[C@H](NC(=O)[C@@H]1CC12CCOCC2)c1ccc(F)cc1. The zero-order chi connectivity index (χ0) is 15.7. The first kappa shape index (κ1) is 15.0. The predicted octanol–water partition coefficient (Wildman–Crippen LogP) is 1.28. The molecule has 22 heavy (non-hydrogen) atoms. The van der Waals surface area contributed by atoms with Crippen LogP contribution in [0.1, 0.15) is 30.9 Å². The highest BCUT2D eigenvalue weighted by molar-refractivity contribution is 5.90. The van der Waals surface area contributed by atoms with Crippen molar-refractivity contribution in [2.24, 2.45) is 17.1 Å². The number of rotatable bonds is 4. The van der Waals surface area contributed by atoms with Gasteiger partial charge >= 0.3 is 0 Å². The van der Waals surface area contributed by atoms with Crippen LogP contribution < -0.4 is 11.1 Å². The number of primary amides is 1. The summed E-state index contributed by atoms with van der Waals surface area (Å²) in [6, 6.07) is 4.48. The minimum Gasteiger partial charge on any atom is -0.381 e. The molecule has 0 bridgehead atoms. The Hall–Kier alpha value is -1.95. The third-order valence-corrected chi connectivity index (χ3v) is 4.77. The third-order valence-electron chi connectivity index (χ3n) is 4.77. The molecular weight excluding hydrogens is 287 g/mol. The number of amides is 2. The average molecular weight is 306 g/mol. The summed E-state index contributed by atoms with van der Waals surface area (Å²) in [5.41, 5.74) is 5.90. The molecule has 2 aliphatic rings. The standard InChI is InChI=1S/C16H19FN2O3/c17-11-3-1-10(2-4-11)13(14(18)20)19-15(21)12-9-16(12)5-7-22-8-6-16/h1-4,12-13H,5-9H2,(H2,18,20)(H,19,21)/t12-,13+/m0/s1. The summed E-state index contributed by atoms with van der Waals surface area (Å²) >= 11 is 0. The Labute approximate surface area is 128 Å². The van der Waals surface area contributed by atoms with E-state index >= 15 is 0 Å². The van der Waals surface area contributed by atoms with E-state index in [-0.39, 0.29) is 17.2 Å². The van der Waals surface area contributed by atoms with E-state index in [4.69, 9.17) is 10.5 Å². The fourth-order valence-corrected chi connectivity index (χ4v) is 3.27. The molecule has 0 aromatic heterocycles. The van der Waals surface area contributed by atoms with Crippen LogP contribution >= 0.6 is 0 Å². The fraction of sp³-hybridized carbons (Fsp3) is 0.500. The van der Waals surface area contributed by atoms with Gasteiger partial charge in [0.05, 0.1) is 0 Å². The second-order valence-corrected chi connectivity index (χ2v) is 6.13. The Bertz CT molecular complexity index is 582. The van der Waals surface area contributed by atoms with Crippen LogP contribution in [0.4, 0.5) is 4.39 Å². The second kappa shape index (κ2) is 5.68. The van der Waals surface area contributed by atoms with E-state index in [1.165, 1.54) is 24.3 Å². The number of halogens is 1. The Morgan fingerprint density at radius 3 is 2.50 bits per heavy atom. The number of nitrogens with two attached hydrogens (primary N) is 1. The van der Waals surface area contributed by atoms with E-state index in [2.05, 4.69) is 5.32 Å². The van der Waals surface area contributed by atoms with Crippen LogP contribution in [0.25, 0.3) is 0 Å². The predicted molar refractivity (Wildman–Crippen MR) is 77.1 cm³/mol. The molecular formula is C16H19FN2O3. The van der Waals surface area contributed by atoms with Crippen LogP contribution in [0, 0.1) is 17.2 Å². The zero-order valence-electron chi connectivity index (χ0n) is 12.2. The lowest BCUT2D eigenvalue weighted by atomic mass is 9.93. The van der Waals surface area contributed by atoms with E-state index in [9.17, 15) is 14.0 Å². The highest BCUT2D eigenvalue weighted by Crippen LogP contribution is 2.59. The van der Waals surface area contributed by atoms with Gasteiger partial charge in [-0.1, -0.05) is 12.1 Å². The average Bonchev–Trinajstić information content (AvgIpc) is 3.19. The summed E-state index contributed by atoms with van der Waals surface area (Å²) in [6.45, 7) is 1.36. The molecule has 1 heterocycles. The largest absolute Gasteiger partial charge is 0.381 e. The quantitative estimate of drug-likeness (QED) is 0.879. The van der Waals surface area contributed by atoms with Crippen molar-refractivity contribution in [2.45, 2.75) is 25.3 Å². The molecule has 6 heteroatoms. The summed E-state index contributed by atoms with van der Waals surface area (Å²) in [5.74, 6) is -1.29. The molecule has 2 fully saturated rings. The molecule has 2 atom stereocenters. The van der Waals surface area contributed by atoms with Crippen LogP contribution in [-0.4, -0.2) is 25.0 Å². The normalized spacial score (nSPS) is 23.8. The summed E-state index contributed by atoms with van der Waals surface area (Å²) in [5, 5.41) is 2.71. The number of carbonyl (C=O) groups is 2. The maximum Gasteiger partial charge on any atom is 0.244 e.